The van der Waals surface area contributed by atoms with Crippen LogP contribution in [0.15, 0.2) is 12.0 Å². The Hall–Kier alpha value is -0.990. The summed E-state index contributed by atoms with van der Waals surface area (Å²) in [6, 6.07) is 0. The minimum absolute atomic E-state index is 0.412. The molecule has 0 saturated heterocycles. The highest BCUT2D eigenvalue weighted by Crippen LogP contribution is 2.04. The van der Waals surface area contributed by atoms with E-state index in [4.69, 9.17) is 4.74 Å². The lowest BCUT2D eigenvalue weighted by atomic mass is 10.2. The highest BCUT2D eigenvalue weighted by Gasteiger charge is 1.96. The first-order chi connectivity index (χ1) is 7.20. The second-order valence-corrected chi connectivity index (χ2v) is 3.88. The normalized spacial score (nSPS) is 11.3. The molecule has 0 aromatic heterocycles. The minimum atomic E-state index is 0.412. The Labute approximate surface area is 93.1 Å². The number of nitrogens with zero attached hydrogens (tertiary/aromatic N) is 1. The standard InChI is InChI=1S/C12H23NO2/c1-4-5-6-7-8-9-15-12(11-14)10-13(2)3/h10-11H,4-9H2,1-3H3. The van der Waals surface area contributed by atoms with Gasteiger partial charge in [-0.3, -0.25) is 4.79 Å². The van der Waals surface area contributed by atoms with Gasteiger partial charge in [0.05, 0.1) is 6.61 Å². The molecule has 15 heavy (non-hydrogen) atoms. The molecule has 0 N–H and O–H groups in total. The van der Waals surface area contributed by atoms with Crippen molar-refractivity contribution in [3.05, 3.63) is 12.0 Å². The third kappa shape index (κ3) is 9.32. The van der Waals surface area contributed by atoms with Gasteiger partial charge in [-0.25, -0.2) is 0 Å². The zero-order valence-electron chi connectivity index (χ0n) is 10.2. The summed E-state index contributed by atoms with van der Waals surface area (Å²) in [5, 5.41) is 0. The van der Waals surface area contributed by atoms with Gasteiger partial charge in [-0.2, -0.15) is 0 Å². The number of aldehydes is 1. The van der Waals surface area contributed by atoms with Gasteiger partial charge in [0.1, 0.15) is 0 Å². The Morgan fingerprint density at radius 1 is 1.20 bits per heavy atom. The fraction of sp³-hybridized carbons (Fsp3) is 0.750. The van der Waals surface area contributed by atoms with Gasteiger partial charge in [-0.15, -0.1) is 0 Å². The van der Waals surface area contributed by atoms with Crippen molar-refractivity contribution in [2.75, 3.05) is 20.7 Å². The molecule has 0 radical (unpaired) electrons. The lowest BCUT2D eigenvalue weighted by Crippen LogP contribution is -2.06. The Kier molecular flexibility index (Phi) is 8.93. The zero-order valence-corrected chi connectivity index (χ0v) is 10.2. The SMILES string of the molecule is CCCCCCCOC(C=O)=CN(C)C. The van der Waals surface area contributed by atoms with Crippen LogP contribution in [0.1, 0.15) is 39.0 Å². The van der Waals surface area contributed by atoms with E-state index in [1.165, 1.54) is 25.7 Å². The molecule has 0 fully saturated rings. The van der Waals surface area contributed by atoms with Crippen LogP contribution >= 0.6 is 0 Å². The van der Waals surface area contributed by atoms with E-state index in [9.17, 15) is 4.79 Å². The molecule has 0 aliphatic carbocycles. The van der Waals surface area contributed by atoms with Gasteiger partial charge in [0.2, 0.25) is 0 Å². The van der Waals surface area contributed by atoms with E-state index in [1.54, 1.807) is 11.1 Å². The van der Waals surface area contributed by atoms with Crippen molar-refractivity contribution in [3.63, 3.8) is 0 Å². The summed E-state index contributed by atoms with van der Waals surface area (Å²) in [6.45, 7) is 2.84. The zero-order chi connectivity index (χ0) is 11.5. The summed E-state index contributed by atoms with van der Waals surface area (Å²) in [6.07, 6.45) is 8.45. The van der Waals surface area contributed by atoms with Gasteiger partial charge in [0.25, 0.3) is 0 Å². The molecule has 0 atom stereocenters. The van der Waals surface area contributed by atoms with E-state index in [0.29, 0.717) is 12.4 Å². The smallest absolute Gasteiger partial charge is 0.186 e. The lowest BCUT2D eigenvalue weighted by molar-refractivity contribution is -0.108. The number of rotatable bonds is 9. The van der Waals surface area contributed by atoms with Gasteiger partial charge in [0.15, 0.2) is 12.0 Å². The molecule has 3 nitrogen and oxygen atoms in total. The maximum absolute atomic E-state index is 10.6. The van der Waals surface area contributed by atoms with Gasteiger partial charge in [0, 0.05) is 20.3 Å². The number of carbonyl (C=O) groups is 1. The third-order valence-corrected chi connectivity index (χ3v) is 2.02. The van der Waals surface area contributed by atoms with Gasteiger partial charge < -0.3 is 9.64 Å². The quantitative estimate of drug-likeness (QED) is 0.255. The summed E-state index contributed by atoms with van der Waals surface area (Å²) in [5.74, 6) is 0.412. The molecule has 3 heteroatoms. The Bertz CT molecular complexity index is 188. The molecule has 0 aromatic carbocycles. The maximum Gasteiger partial charge on any atom is 0.186 e. The van der Waals surface area contributed by atoms with Gasteiger partial charge in [-0.05, 0) is 6.42 Å². The van der Waals surface area contributed by atoms with Crippen LogP contribution in [0.25, 0.3) is 0 Å². The fourth-order valence-electron chi connectivity index (χ4n) is 1.25. The molecule has 0 aliphatic rings. The van der Waals surface area contributed by atoms with Crippen LogP contribution in [-0.4, -0.2) is 31.9 Å². The molecular formula is C12H23NO2. The van der Waals surface area contributed by atoms with E-state index in [2.05, 4.69) is 6.92 Å². The number of carbonyl (C=O) groups excluding carboxylic acids is 1. The molecule has 0 aliphatic heterocycles. The molecule has 0 saturated carbocycles. The average molecular weight is 213 g/mol. The topological polar surface area (TPSA) is 29.5 Å². The van der Waals surface area contributed by atoms with E-state index in [1.807, 2.05) is 14.1 Å². The molecule has 0 aromatic rings. The van der Waals surface area contributed by atoms with Crippen LogP contribution in [-0.2, 0) is 9.53 Å². The predicted molar refractivity (Wildman–Crippen MR) is 62.5 cm³/mol. The summed E-state index contributed by atoms with van der Waals surface area (Å²) < 4.78 is 5.33. The second-order valence-electron chi connectivity index (χ2n) is 3.88. The summed E-state index contributed by atoms with van der Waals surface area (Å²) in [7, 11) is 3.74. The first-order valence-corrected chi connectivity index (χ1v) is 5.67. The van der Waals surface area contributed by atoms with Crippen LogP contribution in [0.5, 0.6) is 0 Å². The Balaban J connectivity index is 3.51. The Morgan fingerprint density at radius 3 is 2.40 bits per heavy atom. The van der Waals surface area contributed by atoms with Crippen LogP contribution < -0.4 is 0 Å². The predicted octanol–water partition coefficient (Wildman–Crippen LogP) is 2.58. The van der Waals surface area contributed by atoms with Crippen molar-refractivity contribution in [2.24, 2.45) is 0 Å². The third-order valence-electron chi connectivity index (χ3n) is 2.02. The van der Waals surface area contributed by atoms with Gasteiger partial charge in [-0.1, -0.05) is 32.6 Å². The molecule has 0 heterocycles. The van der Waals surface area contributed by atoms with E-state index < -0.39 is 0 Å². The number of ether oxygens (including phenoxy) is 1. The van der Waals surface area contributed by atoms with E-state index >= 15 is 0 Å². The minimum Gasteiger partial charge on any atom is -0.489 e. The van der Waals surface area contributed by atoms with E-state index in [0.717, 1.165) is 12.7 Å². The number of allylic oxidation sites excluding steroid dienone is 1. The molecule has 0 bridgehead atoms. The van der Waals surface area contributed by atoms with Crippen LogP contribution in [0.3, 0.4) is 0 Å². The number of unbranched alkanes of at least 4 members (excludes halogenated alkanes) is 4. The van der Waals surface area contributed by atoms with Crippen molar-refractivity contribution < 1.29 is 9.53 Å². The fourth-order valence-corrected chi connectivity index (χ4v) is 1.25. The van der Waals surface area contributed by atoms with Gasteiger partial charge >= 0.3 is 0 Å². The molecule has 0 spiro atoms. The first-order valence-electron chi connectivity index (χ1n) is 5.67. The van der Waals surface area contributed by atoms with Crippen molar-refractivity contribution in [2.45, 2.75) is 39.0 Å². The largest absolute Gasteiger partial charge is 0.489 e. The second kappa shape index (κ2) is 9.56. The molecular weight excluding hydrogens is 190 g/mol. The highest BCUT2D eigenvalue weighted by atomic mass is 16.5. The van der Waals surface area contributed by atoms with Crippen molar-refractivity contribution in [1.82, 2.24) is 4.90 Å². The highest BCUT2D eigenvalue weighted by molar-refractivity contribution is 5.69. The molecule has 88 valence electrons. The van der Waals surface area contributed by atoms with Crippen molar-refractivity contribution in [1.29, 1.82) is 0 Å². The lowest BCUT2D eigenvalue weighted by Gasteiger charge is -2.09. The number of hydrogen-bond donors (Lipinski definition) is 0. The Morgan fingerprint density at radius 2 is 1.87 bits per heavy atom. The van der Waals surface area contributed by atoms with Crippen molar-refractivity contribution >= 4 is 6.29 Å². The number of hydrogen-bond acceptors (Lipinski definition) is 3. The summed E-state index contributed by atoms with van der Waals surface area (Å²) >= 11 is 0. The molecule has 0 amide bonds. The summed E-state index contributed by atoms with van der Waals surface area (Å²) in [4.78, 5) is 12.4. The maximum atomic E-state index is 10.6. The molecule has 0 rings (SSSR count). The van der Waals surface area contributed by atoms with Crippen molar-refractivity contribution in [3.8, 4) is 0 Å². The van der Waals surface area contributed by atoms with E-state index in [-0.39, 0.29) is 0 Å². The molecule has 0 unspecified atom stereocenters. The van der Waals surface area contributed by atoms with Crippen LogP contribution in [0.4, 0.5) is 0 Å². The van der Waals surface area contributed by atoms with Crippen LogP contribution in [0.2, 0.25) is 0 Å². The monoisotopic (exact) mass is 213 g/mol. The van der Waals surface area contributed by atoms with Crippen LogP contribution in [0, 0.1) is 0 Å². The average Bonchev–Trinajstić information content (AvgIpc) is 2.20. The first kappa shape index (κ1) is 14.0. The summed E-state index contributed by atoms with van der Waals surface area (Å²) in [5.41, 5.74) is 0.